The van der Waals surface area contributed by atoms with E-state index in [2.05, 4.69) is 5.16 Å². The Labute approximate surface area is 158 Å². The van der Waals surface area contributed by atoms with E-state index in [1.165, 1.54) is 0 Å². The summed E-state index contributed by atoms with van der Waals surface area (Å²) in [6.07, 6.45) is 2.08. The molecule has 0 aliphatic heterocycles. The Morgan fingerprint density at radius 3 is 2.70 bits per heavy atom. The minimum atomic E-state index is 0.0586. The lowest BCUT2D eigenvalue weighted by molar-refractivity contribution is -0.133. The van der Waals surface area contributed by atoms with E-state index >= 15 is 0 Å². The number of furan rings is 1. The Balaban J connectivity index is 1.79. The molecular weight excluding hydrogens is 344 g/mol. The largest absolute Gasteiger partial charge is 0.496 e. The fourth-order valence-electron chi connectivity index (χ4n) is 2.86. The van der Waals surface area contributed by atoms with Gasteiger partial charge in [0.1, 0.15) is 17.2 Å². The molecule has 27 heavy (non-hydrogen) atoms. The molecule has 0 saturated carbocycles. The monoisotopic (exact) mass is 368 g/mol. The summed E-state index contributed by atoms with van der Waals surface area (Å²) in [7, 11) is 1.62. The highest BCUT2D eigenvalue weighted by molar-refractivity contribution is 5.76. The highest BCUT2D eigenvalue weighted by Crippen LogP contribution is 2.30. The van der Waals surface area contributed by atoms with Crippen molar-refractivity contribution in [1.82, 2.24) is 10.1 Å². The van der Waals surface area contributed by atoms with Gasteiger partial charge in [0.25, 0.3) is 0 Å². The first-order valence-electron chi connectivity index (χ1n) is 8.96. The van der Waals surface area contributed by atoms with Crippen LogP contribution < -0.4 is 4.74 Å². The summed E-state index contributed by atoms with van der Waals surface area (Å²) in [5, 5.41) is 4.14. The van der Waals surface area contributed by atoms with E-state index in [0.717, 1.165) is 11.3 Å². The van der Waals surface area contributed by atoms with Crippen molar-refractivity contribution in [2.24, 2.45) is 5.92 Å². The third kappa shape index (κ3) is 4.78. The number of hydrogen-bond acceptors (Lipinski definition) is 5. The molecule has 0 aliphatic rings. The van der Waals surface area contributed by atoms with Crippen molar-refractivity contribution in [3.05, 3.63) is 60.2 Å². The highest BCUT2D eigenvalue weighted by Gasteiger charge is 2.20. The van der Waals surface area contributed by atoms with E-state index in [0.29, 0.717) is 36.7 Å². The van der Waals surface area contributed by atoms with Crippen LogP contribution in [0.5, 0.6) is 5.75 Å². The van der Waals surface area contributed by atoms with Gasteiger partial charge in [-0.1, -0.05) is 31.1 Å². The molecule has 2 heterocycles. The van der Waals surface area contributed by atoms with Crippen LogP contribution >= 0.6 is 0 Å². The van der Waals surface area contributed by atoms with Gasteiger partial charge in [-0.15, -0.1) is 0 Å². The molecule has 0 atom stereocenters. The van der Waals surface area contributed by atoms with Crippen LogP contribution in [0.4, 0.5) is 0 Å². The average Bonchev–Trinajstić information content (AvgIpc) is 3.32. The number of carbonyl (C=O) groups is 1. The second kappa shape index (κ2) is 8.58. The zero-order chi connectivity index (χ0) is 19.2. The Hall–Kier alpha value is -3.02. The molecule has 6 heteroatoms. The van der Waals surface area contributed by atoms with Crippen molar-refractivity contribution in [2.45, 2.75) is 33.4 Å². The third-order valence-electron chi connectivity index (χ3n) is 4.15. The van der Waals surface area contributed by atoms with Crippen molar-refractivity contribution >= 4 is 5.91 Å². The van der Waals surface area contributed by atoms with Crippen LogP contribution in [0.25, 0.3) is 11.3 Å². The van der Waals surface area contributed by atoms with Gasteiger partial charge in [-0.25, -0.2) is 0 Å². The maximum Gasteiger partial charge on any atom is 0.223 e. The summed E-state index contributed by atoms with van der Waals surface area (Å²) in [4.78, 5) is 14.4. The quantitative estimate of drug-likeness (QED) is 0.585. The van der Waals surface area contributed by atoms with Crippen LogP contribution in [0.15, 0.2) is 57.7 Å². The predicted octanol–water partition coefficient (Wildman–Crippen LogP) is 4.52. The van der Waals surface area contributed by atoms with Crippen molar-refractivity contribution in [3.8, 4) is 17.1 Å². The summed E-state index contributed by atoms with van der Waals surface area (Å²) < 4.78 is 16.3. The molecule has 3 aromatic rings. The Bertz CT molecular complexity index is 868. The van der Waals surface area contributed by atoms with Crippen LogP contribution in [0.3, 0.4) is 0 Å². The van der Waals surface area contributed by atoms with E-state index in [-0.39, 0.29) is 11.8 Å². The summed E-state index contributed by atoms with van der Waals surface area (Å²) in [5.74, 6) is 2.39. The zero-order valence-corrected chi connectivity index (χ0v) is 15.8. The van der Waals surface area contributed by atoms with Crippen molar-refractivity contribution in [1.29, 1.82) is 0 Å². The van der Waals surface area contributed by atoms with E-state index in [9.17, 15) is 4.79 Å². The number of carbonyl (C=O) groups excluding carboxylic acids is 1. The lowest BCUT2D eigenvalue weighted by atomic mass is 10.1. The molecule has 0 spiro atoms. The molecule has 0 radical (unpaired) electrons. The molecule has 2 aromatic heterocycles. The molecule has 0 bridgehead atoms. The zero-order valence-electron chi connectivity index (χ0n) is 15.8. The summed E-state index contributed by atoms with van der Waals surface area (Å²) in [5.41, 5.74) is 1.50. The standard InChI is InChI=1S/C21H24N2O4/c1-15(2)11-21(24)23(14-17-7-6-10-26-17)13-16-12-20(27-22-16)18-8-4-5-9-19(18)25-3/h4-10,12,15H,11,13-14H2,1-3H3. The Morgan fingerprint density at radius 2 is 2.00 bits per heavy atom. The van der Waals surface area contributed by atoms with Crippen LogP contribution in [0.1, 0.15) is 31.7 Å². The van der Waals surface area contributed by atoms with E-state index in [4.69, 9.17) is 13.7 Å². The molecule has 3 rings (SSSR count). The fraction of sp³-hybridized carbons (Fsp3) is 0.333. The van der Waals surface area contributed by atoms with Gasteiger partial charge in [0, 0.05) is 12.5 Å². The highest BCUT2D eigenvalue weighted by atomic mass is 16.5. The van der Waals surface area contributed by atoms with Crippen LogP contribution in [0, 0.1) is 5.92 Å². The van der Waals surface area contributed by atoms with Gasteiger partial charge in [0.2, 0.25) is 5.91 Å². The van der Waals surface area contributed by atoms with E-state index < -0.39 is 0 Å². The first-order valence-corrected chi connectivity index (χ1v) is 8.96. The number of rotatable bonds is 8. The summed E-state index contributed by atoms with van der Waals surface area (Å²) >= 11 is 0. The molecule has 1 aromatic carbocycles. The summed E-state index contributed by atoms with van der Waals surface area (Å²) in [6.45, 7) is 4.80. The number of aromatic nitrogens is 1. The maximum atomic E-state index is 12.7. The molecule has 6 nitrogen and oxygen atoms in total. The van der Waals surface area contributed by atoms with E-state index in [1.807, 2.05) is 56.3 Å². The molecular formula is C21H24N2O4. The van der Waals surface area contributed by atoms with Gasteiger partial charge in [-0.2, -0.15) is 0 Å². The number of para-hydroxylation sites is 1. The second-order valence-corrected chi connectivity index (χ2v) is 6.81. The number of benzene rings is 1. The number of amides is 1. The van der Waals surface area contributed by atoms with Crippen molar-refractivity contribution in [3.63, 3.8) is 0 Å². The normalized spacial score (nSPS) is 11.0. The average molecular weight is 368 g/mol. The lowest BCUT2D eigenvalue weighted by Crippen LogP contribution is -2.30. The van der Waals surface area contributed by atoms with Crippen molar-refractivity contribution in [2.75, 3.05) is 7.11 Å². The number of nitrogens with zero attached hydrogens (tertiary/aromatic N) is 2. The van der Waals surface area contributed by atoms with Crippen LogP contribution in [0.2, 0.25) is 0 Å². The predicted molar refractivity (Wildman–Crippen MR) is 101 cm³/mol. The number of ether oxygens (including phenoxy) is 1. The maximum absolute atomic E-state index is 12.7. The molecule has 1 amide bonds. The molecule has 0 fully saturated rings. The minimum absolute atomic E-state index is 0.0586. The van der Waals surface area contributed by atoms with Gasteiger partial charge >= 0.3 is 0 Å². The van der Waals surface area contributed by atoms with Gasteiger partial charge < -0.3 is 18.6 Å². The molecule has 0 N–H and O–H groups in total. The molecule has 0 aliphatic carbocycles. The fourth-order valence-corrected chi connectivity index (χ4v) is 2.86. The Kier molecular flexibility index (Phi) is 5.96. The SMILES string of the molecule is COc1ccccc1-c1cc(CN(Cc2ccco2)C(=O)CC(C)C)no1. The number of hydrogen-bond donors (Lipinski definition) is 0. The second-order valence-electron chi connectivity index (χ2n) is 6.81. The van der Waals surface area contributed by atoms with E-state index in [1.54, 1.807) is 18.3 Å². The van der Waals surface area contributed by atoms with Gasteiger partial charge in [-0.05, 0) is 30.2 Å². The molecule has 142 valence electrons. The third-order valence-corrected chi connectivity index (χ3v) is 4.15. The lowest BCUT2D eigenvalue weighted by Gasteiger charge is -2.21. The van der Waals surface area contributed by atoms with Crippen LogP contribution in [-0.4, -0.2) is 23.1 Å². The van der Waals surface area contributed by atoms with Crippen LogP contribution in [-0.2, 0) is 17.9 Å². The van der Waals surface area contributed by atoms with Gasteiger partial charge in [-0.3, -0.25) is 4.79 Å². The minimum Gasteiger partial charge on any atom is -0.496 e. The summed E-state index contributed by atoms with van der Waals surface area (Å²) in [6, 6.07) is 13.1. The number of methoxy groups -OCH3 is 1. The smallest absolute Gasteiger partial charge is 0.223 e. The van der Waals surface area contributed by atoms with Crippen molar-refractivity contribution < 1.29 is 18.5 Å². The molecule has 0 unspecified atom stereocenters. The first-order chi connectivity index (χ1) is 13.1. The topological polar surface area (TPSA) is 68.7 Å². The molecule has 0 saturated heterocycles. The first kappa shape index (κ1) is 18.8. The van der Waals surface area contributed by atoms with Gasteiger partial charge in [0.15, 0.2) is 5.76 Å². The van der Waals surface area contributed by atoms with Gasteiger partial charge in [0.05, 0.1) is 32.0 Å². The Morgan fingerprint density at radius 1 is 1.19 bits per heavy atom.